The van der Waals surface area contributed by atoms with E-state index < -0.39 is 96.4 Å². The lowest BCUT2D eigenvalue weighted by molar-refractivity contribution is 0.0257. The SMILES string of the molecule is COC(=O)c1ccc(C(=O)OCCOC(=O)c2cc(C(=O)OCCOC(=O)c3ccc(C(=O)OC)cc3)c(C(=O)O)cc2C(=O)O)cc1. The number of methoxy groups -OCH3 is 2. The molecule has 0 saturated heterocycles. The molecule has 0 aromatic heterocycles. The molecule has 2 N–H and O–H groups in total. The fraction of sp³-hybridized carbons (Fsp3) is 0.188. The second-order valence-corrected chi connectivity index (χ2v) is 9.24. The molecule has 0 aliphatic rings. The van der Waals surface area contributed by atoms with E-state index in [4.69, 9.17) is 18.9 Å². The van der Waals surface area contributed by atoms with Gasteiger partial charge in [0.15, 0.2) is 0 Å². The van der Waals surface area contributed by atoms with E-state index in [-0.39, 0.29) is 22.3 Å². The van der Waals surface area contributed by atoms with Crippen molar-refractivity contribution in [2.45, 2.75) is 0 Å². The number of carbonyl (C=O) groups excluding carboxylic acids is 6. The number of carbonyl (C=O) groups is 8. The lowest BCUT2D eigenvalue weighted by Crippen LogP contribution is -2.21. The third-order valence-corrected chi connectivity index (χ3v) is 6.24. The van der Waals surface area contributed by atoms with Crippen LogP contribution >= 0.6 is 0 Å². The van der Waals surface area contributed by atoms with Crippen LogP contribution in [0.4, 0.5) is 0 Å². The lowest BCUT2D eigenvalue weighted by Gasteiger charge is -2.13. The number of benzene rings is 3. The zero-order valence-corrected chi connectivity index (χ0v) is 25.2. The summed E-state index contributed by atoms with van der Waals surface area (Å²) in [7, 11) is 2.39. The Morgan fingerprint density at radius 1 is 0.417 bits per heavy atom. The minimum atomic E-state index is -1.71. The second kappa shape index (κ2) is 16.6. The summed E-state index contributed by atoms with van der Waals surface area (Å²) in [4.78, 5) is 96.6. The molecule has 3 aromatic rings. The predicted octanol–water partition coefficient (Wildman–Crippen LogP) is 2.68. The maximum absolute atomic E-state index is 12.8. The van der Waals surface area contributed by atoms with Gasteiger partial charge in [0.1, 0.15) is 26.4 Å². The average Bonchev–Trinajstić information content (AvgIpc) is 3.10. The van der Waals surface area contributed by atoms with Crippen LogP contribution in [0.1, 0.15) is 82.9 Å². The first-order valence-electron chi connectivity index (χ1n) is 13.6. The van der Waals surface area contributed by atoms with Gasteiger partial charge in [-0.2, -0.15) is 0 Å². The van der Waals surface area contributed by atoms with E-state index in [2.05, 4.69) is 9.47 Å². The molecule has 0 heterocycles. The average molecular weight is 667 g/mol. The first-order valence-corrected chi connectivity index (χ1v) is 13.6. The van der Waals surface area contributed by atoms with Crippen LogP contribution in [-0.4, -0.2) is 98.6 Å². The fourth-order valence-electron chi connectivity index (χ4n) is 3.87. The number of hydrogen-bond donors (Lipinski definition) is 2. The van der Waals surface area contributed by atoms with Gasteiger partial charge in [-0.25, -0.2) is 38.4 Å². The summed E-state index contributed by atoms with van der Waals surface area (Å²) in [5.74, 6) is -8.88. The molecule has 0 bridgehead atoms. The van der Waals surface area contributed by atoms with Gasteiger partial charge in [-0.1, -0.05) is 0 Å². The van der Waals surface area contributed by atoms with Crippen LogP contribution in [-0.2, 0) is 28.4 Å². The molecule has 250 valence electrons. The number of aromatic carboxylic acids is 2. The Labute approximate surface area is 270 Å². The monoisotopic (exact) mass is 666 g/mol. The quantitative estimate of drug-likeness (QED) is 0.143. The summed E-state index contributed by atoms with van der Waals surface area (Å²) in [6, 6.07) is 11.8. The number of ether oxygens (including phenoxy) is 6. The van der Waals surface area contributed by atoms with E-state index in [1.54, 1.807) is 0 Å². The summed E-state index contributed by atoms with van der Waals surface area (Å²) < 4.78 is 29.1. The summed E-state index contributed by atoms with van der Waals surface area (Å²) in [5.41, 5.74) is -2.49. The highest BCUT2D eigenvalue weighted by Gasteiger charge is 2.27. The Kier molecular flexibility index (Phi) is 12.5. The summed E-state index contributed by atoms with van der Waals surface area (Å²) in [6.07, 6.45) is 0. The van der Waals surface area contributed by atoms with Gasteiger partial charge in [0.25, 0.3) is 0 Å². The van der Waals surface area contributed by atoms with Gasteiger partial charge < -0.3 is 38.6 Å². The van der Waals surface area contributed by atoms with Crippen LogP contribution < -0.4 is 0 Å². The number of rotatable bonds is 14. The van der Waals surface area contributed by atoms with Crippen LogP contribution in [0.25, 0.3) is 0 Å². The molecule has 0 fully saturated rings. The maximum Gasteiger partial charge on any atom is 0.339 e. The van der Waals surface area contributed by atoms with E-state index in [9.17, 15) is 48.6 Å². The van der Waals surface area contributed by atoms with Crippen molar-refractivity contribution in [3.05, 3.63) is 105 Å². The summed E-state index contributed by atoms with van der Waals surface area (Å²) in [5, 5.41) is 19.2. The molecule has 0 aliphatic carbocycles. The van der Waals surface area contributed by atoms with Crippen LogP contribution in [0.2, 0.25) is 0 Å². The number of esters is 6. The molecule has 0 spiro atoms. The molecular weight excluding hydrogens is 640 g/mol. The van der Waals surface area contributed by atoms with Crippen molar-refractivity contribution in [2.75, 3.05) is 40.6 Å². The van der Waals surface area contributed by atoms with Crippen molar-refractivity contribution in [2.24, 2.45) is 0 Å². The second-order valence-electron chi connectivity index (χ2n) is 9.24. The normalized spacial score (nSPS) is 10.2. The molecule has 3 aromatic carbocycles. The minimum Gasteiger partial charge on any atom is -0.478 e. The van der Waals surface area contributed by atoms with Crippen molar-refractivity contribution in [1.29, 1.82) is 0 Å². The number of hydrogen-bond acceptors (Lipinski definition) is 14. The topological polar surface area (TPSA) is 232 Å². The van der Waals surface area contributed by atoms with Gasteiger partial charge >= 0.3 is 47.8 Å². The smallest absolute Gasteiger partial charge is 0.339 e. The fourth-order valence-corrected chi connectivity index (χ4v) is 3.87. The first-order chi connectivity index (χ1) is 22.9. The molecule has 3 rings (SSSR count). The molecule has 0 radical (unpaired) electrons. The largest absolute Gasteiger partial charge is 0.478 e. The molecule has 16 heteroatoms. The Bertz CT molecular complexity index is 1610. The Hall–Kier alpha value is -6.58. The van der Waals surface area contributed by atoms with Crippen molar-refractivity contribution in [1.82, 2.24) is 0 Å². The van der Waals surface area contributed by atoms with Gasteiger partial charge in [0.2, 0.25) is 0 Å². The first kappa shape index (κ1) is 35.9. The molecule has 48 heavy (non-hydrogen) atoms. The highest BCUT2D eigenvalue weighted by atomic mass is 16.6. The van der Waals surface area contributed by atoms with Gasteiger partial charge in [-0.15, -0.1) is 0 Å². The summed E-state index contributed by atoms with van der Waals surface area (Å²) >= 11 is 0. The maximum atomic E-state index is 12.8. The van der Waals surface area contributed by atoms with E-state index in [0.29, 0.717) is 12.1 Å². The zero-order valence-electron chi connectivity index (χ0n) is 25.2. The van der Waals surface area contributed by atoms with Crippen molar-refractivity contribution < 1.29 is 77.0 Å². The molecule has 16 nitrogen and oxygen atoms in total. The Balaban J connectivity index is 1.62. The molecule has 0 unspecified atom stereocenters. The highest BCUT2D eigenvalue weighted by molar-refractivity contribution is 6.09. The number of carboxylic acids is 2. The summed E-state index contributed by atoms with van der Waals surface area (Å²) in [6.45, 7) is -2.05. The van der Waals surface area contributed by atoms with Crippen LogP contribution in [0.15, 0.2) is 60.7 Å². The molecule has 0 amide bonds. The van der Waals surface area contributed by atoms with Crippen molar-refractivity contribution in [3.63, 3.8) is 0 Å². The third kappa shape index (κ3) is 9.23. The van der Waals surface area contributed by atoms with Gasteiger partial charge in [-0.3, -0.25) is 0 Å². The predicted molar refractivity (Wildman–Crippen MR) is 157 cm³/mol. The molecule has 0 aliphatic heterocycles. The van der Waals surface area contributed by atoms with Crippen LogP contribution in [0, 0.1) is 0 Å². The lowest BCUT2D eigenvalue weighted by atomic mass is 9.98. The molecule has 0 atom stereocenters. The molecule has 0 saturated carbocycles. The van der Waals surface area contributed by atoms with E-state index in [0.717, 1.165) is 0 Å². The van der Waals surface area contributed by atoms with Gasteiger partial charge in [-0.05, 0) is 60.7 Å². The van der Waals surface area contributed by atoms with Crippen molar-refractivity contribution >= 4 is 47.8 Å². The van der Waals surface area contributed by atoms with E-state index >= 15 is 0 Å². The van der Waals surface area contributed by atoms with Crippen LogP contribution in [0.3, 0.4) is 0 Å². The minimum absolute atomic E-state index is 0.0682. The zero-order chi connectivity index (χ0) is 35.4. The van der Waals surface area contributed by atoms with Crippen LogP contribution in [0.5, 0.6) is 0 Å². The van der Waals surface area contributed by atoms with E-state index in [1.165, 1.54) is 62.8 Å². The highest BCUT2D eigenvalue weighted by Crippen LogP contribution is 2.21. The number of carboxylic acid groups (broad SMARTS) is 2. The van der Waals surface area contributed by atoms with Crippen molar-refractivity contribution in [3.8, 4) is 0 Å². The van der Waals surface area contributed by atoms with Gasteiger partial charge in [0, 0.05) is 0 Å². The standard InChI is InChI=1S/C32H26O16/c1-43-27(37)17-3-7-19(8-4-17)29(39)45-11-13-47-31(41)23-16-24(22(26(35)36)15-21(23)25(33)34)32(42)48-14-12-46-30(40)20-9-5-18(6-10-20)28(38)44-2/h3-10,15-16H,11-14H2,1-2H3,(H,33,34)(H,35,36). The Morgan fingerprint density at radius 2 is 0.667 bits per heavy atom. The Morgan fingerprint density at radius 3 is 0.938 bits per heavy atom. The van der Waals surface area contributed by atoms with Gasteiger partial charge in [0.05, 0.1) is 58.7 Å². The molecular formula is C32H26O16. The van der Waals surface area contributed by atoms with E-state index in [1.807, 2.05) is 0 Å². The third-order valence-electron chi connectivity index (χ3n) is 6.24.